The highest BCUT2D eigenvalue weighted by Gasteiger charge is 2.46. The van der Waals surface area contributed by atoms with E-state index in [2.05, 4.69) is 89.9 Å². The first-order valence-electron chi connectivity index (χ1n) is 11.3. The summed E-state index contributed by atoms with van der Waals surface area (Å²) in [5.74, 6) is -0.298. The molecule has 0 atom stereocenters. The van der Waals surface area contributed by atoms with Crippen molar-refractivity contribution in [2.75, 3.05) is 24.7 Å². The van der Waals surface area contributed by atoms with E-state index in [1.54, 1.807) is 0 Å². The smallest absolute Gasteiger partial charge is 0.249 e. The molecule has 0 unspecified atom stereocenters. The van der Waals surface area contributed by atoms with Gasteiger partial charge < -0.3 is 20.8 Å². The van der Waals surface area contributed by atoms with Gasteiger partial charge in [-0.25, -0.2) is 0 Å². The molecule has 1 aromatic rings. The van der Waals surface area contributed by atoms with Gasteiger partial charge in [0.15, 0.2) is 11.5 Å². The maximum atomic E-state index is 12.9. The van der Waals surface area contributed by atoms with Crippen LogP contribution in [0.15, 0.2) is 0 Å². The van der Waals surface area contributed by atoms with Gasteiger partial charge in [-0.2, -0.15) is 0 Å². The summed E-state index contributed by atoms with van der Waals surface area (Å²) in [5, 5.41) is 32.3. The topological polar surface area (TPSA) is 76.7 Å². The van der Waals surface area contributed by atoms with Gasteiger partial charge in [0.25, 0.3) is 0 Å². The quantitative estimate of drug-likeness (QED) is 0.730. The highest BCUT2D eigenvalue weighted by atomic mass is 16.3. The molecule has 3 rings (SSSR count). The molecule has 6 nitrogen and oxygen atoms in total. The molecule has 2 fully saturated rings. The lowest BCUT2D eigenvalue weighted by Gasteiger charge is -2.54. The van der Waals surface area contributed by atoms with Crippen molar-refractivity contribution < 1.29 is 10.2 Å². The van der Waals surface area contributed by atoms with E-state index in [9.17, 15) is 10.2 Å². The fourth-order valence-electron chi connectivity index (χ4n) is 6.01. The molecule has 0 aliphatic carbocycles. The first kappa shape index (κ1) is 23.3. The lowest BCUT2D eigenvalue weighted by molar-refractivity contribution is -0.287. The van der Waals surface area contributed by atoms with Crippen molar-refractivity contribution >= 4 is 11.4 Å². The van der Waals surface area contributed by atoms with E-state index in [4.69, 9.17) is 0 Å². The molecule has 30 heavy (non-hydrogen) atoms. The molecule has 0 bridgehead atoms. The Balaban J connectivity index is 1.71. The molecule has 0 spiro atoms. The molecule has 0 radical (unpaired) electrons. The number of hydrogen-bond acceptors (Lipinski definition) is 6. The molecule has 6 heteroatoms. The third-order valence-corrected chi connectivity index (χ3v) is 8.22. The van der Waals surface area contributed by atoms with E-state index in [0.29, 0.717) is 0 Å². The summed E-state index contributed by atoms with van der Waals surface area (Å²) >= 11 is 0. The Kier molecular flexibility index (Phi) is 5.47. The molecule has 0 saturated carbocycles. The highest BCUT2D eigenvalue weighted by Crippen LogP contribution is 2.51. The number of likely N-dealkylation sites (tertiary alicyclic amines) is 2. The van der Waals surface area contributed by atoms with Crippen molar-refractivity contribution in [1.29, 1.82) is 0 Å². The monoisotopic (exact) mass is 418 g/mol. The minimum absolute atomic E-state index is 0.00586. The number of anilines is 2. The van der Waals surface area contributed by atoms with Gasteiger partial charge in [0.05, 0.1) is 0 Å². The van der Waals surface area contributed by atoms with Gasteiger partial charge in [-0.1, -0.05) is 0 Å². The summed E-state index contributed by atoms with van der Waals surface area (Å²) in [4.78, 5) is 4.80. The number of hydrogen-bond donors (Lipinski definition) is 2. The van der Waals surface area contributed by atoms with Gasteiger partial charge in [0.2, 0.25) is 11.4 Å². The van der Waals surface area contributed by atoms with Crippen molar-refractivity contribution in [2.24, 2.45) is 0 Å². The second kappa shape index (κ2) is 7.06. The van der Waals surface area contributed by atoms with Gasteiger partial charge in [0.1, 0.15) is 0 Å². The summed E-state index contributed by atoms with van der Waals surface area (Å²) < 4.78 is 0. The first-order valence-corrected chi connectivity index (χ1v) is 11.3. The fourth-order valence-corrected chi connectivity index (χ4v) is 6.01. The fraction of sp³-hybridized carbons (Fsp3) is 0.833. The van der Waals surface area contributed by atoms with Crippen LogP contribution in [0.2, 0.25) is 0 Å². The number of piperidine rings is 2. The molecule has 2 aliphatic rings. The van der Waals surface area contributed by atoms with Crippen LogP contribution in [0.4, 0.5) is 11.4 Å². The molecular formula is C24H42N4O2. The molecule has 2 heterocycles. The second-order valence-corrected chi connectivity index (χ2v) is 12.3. The molecule has 0 amide bonds. The van der Waals surface area contributed by atoms with Gasteiger partial charge >= 0.3 is 0 Å². The van der Waals surface area contributed by atoms with Gasteiger partial charge in [-0.05, 0) is 95.2 Å². The SMILES string of the molecule is CN1C(C)(C)CC(Nc2c([O-])[c+](NC3CC(C)(C)N(C)C(C)(C)C3)[c+]2[O-])CC1(C)C. The molecule has 1 aromatic carbocycles. The van der Waals surface area contributed by atoms with E-state index in [1.807, 2.05) is 0 Å². The normalized spacial score (nSPS) is 27.3. The van der Waals surface area contributed by atoms with Crippen LogP contribution in [0.25, 0.3) is 0 Å². The molecule has 2 aliphatic heterocycles. The maximum Gasteiger partial charge on any atom is 0.249 e. The summed E-state index contributed by atoms with van der Waals surface area (Å²) in [6.07, 6.45) is 3.60. The van der Waals surface area contributed by atoms with Crippen LogP contribution in [-0.2, 0) is 0 Å². The molecule has 170 valence electrons. The summed E-state index contributed by atoms with van der Waals surface area (Å²) in [5.41, 5.74) is 0.561. The standard InChI is InChI=1S/C24H42N4O2/c1-21(2)11-15(12-22(3,4)27(21)9)25-17-19(29)18(20(17)30)26-16-13-23(5,6)28(10)24(7,8)14-16/h15-16,25-26H,11-14H2,1-10H3. The van der Waals surface area contributed by atoms with Gasteiger partial charge in [-0.3, -0.25) is 9.80 Å². The van der Waals surface area contributed by atoms with Crippen molar-refractivity contribution in [2.45, 2.75) is 115 Å². The van der Waals surface area contributed by atoms with E-state index in [1.165, 1.54) is 0 Å². The first-order chi connectivity index (χ1) is 13.5. The van der Waals surface area contributed by atoms with Crippen molar-refractivity contribution in [3.8, 4) is 11.5 Å². The van der Waals surface area contributed by atoms with Crippen molar-refractivity contribution in [3.05, 3.63) is 0 Å². The lowest BCUT2D eigenvalue weighted by atomic mass is 9.77. The Morgan fingerprint density at radius 1 is 0.767 bits per heavy atom. The third kappa shape index (κ3) is 3.93. The Bertz CT molecular complexity index is 657. The number of rotatable bonds is 4. The predicted molar refractivity (Wildman–Crippen MR) is 122 cm³/mol. The highest BCUT2D eigenvalue weighted by molar-refractivity contribution is 5.90. The minimum Gasteiger partial charge on any atom is -0.790 e. The van der Waals surface area contributed by atoms with Crippen LogP contribution in [0.3, 0.4) is 0 Å². The second-order valence-electron chi connectivity index (χ2n) is 12.3. The third-order valence-electron chi connectivity index (χ3n) is 8.22. The molecule has 2 N–H and O–H groups in total. The van der Waals surface area contributed by atoms with Gasteiger partial charge in [-0.15, -0.1) is 0 Å². The van der Waals surface area contributed by atoms with E-state index in [0.717, 1.165) is 25.7 Å². The molecule has 0 aromatic heterocycles. The van der Waals surface area contributed by atoms with Crippen LogP contribution < -0.4 is 20.8 Å². The Labute approximate surface area is 183 Å². The summed E-state index contributed by atoms with van der Waals surface area (Å²) in [6.45, 7) is 17.8. The lowest BCUT2D eigenvalue weighted by Crippen LogP contribution is -2.61. The summed E-state index contributed by atoms with van der Waals surface area (Å²) in [6, 6.07) is 0.244. The molecule has 2 saturated heterocycles. The molecular weight excluding hydrogens is 376 g/mol. The largest absolute Gasteiger partial charge is 0.790 e. The van der Waals surface area contributed by atoms with Crippen LogP contribution >= 0.6 is 0 Å². The zero-order valence-corrected chi connectivity index (χ0v) is 20.7. The Morgan fingerprint density at radius 3 is 1.50 bits per heavy atom. The van der Waals surface area contributed by atoms with Crippen molar-refractivity contribution in [1.82, 2.24) is 9.80 Å². The maximum absolute atomic E-state index is 12.9. The minimum atomic E-state index is -0.149. The zero-order chi connectivity index (χ0) is 22.9. The average Bonchev–Trinajstić information content (AvgIpc) is 2.59. The summed E-state index contributed by atoms with van der Waals surface area (Å²) in [7, 11) is 4.31. The Morgan fingerprint density at radius 2 is 1.13 bits per heavy atom. The van der Waals surface area contributed by atoms with Crippen LogP contribution in [-0.4, -0.2) is 58.1 Å². The van der Waals surface area contributed by atoms with Crippen LogP contribution in [0.1, 0.15) is 81.1 Å². The van der Waals surface area contributed by atoms with E-state index < -0.39 is 0 Å². The average molecular weight is 419 g/mol. The van der Waals surface area contributed by atoms with E-state index >= 15 is 0 Å². The number of nitrogens with one attached hydrogen (secondary N) is 2. The number of nitrogens with zero attached hydrogens (tertiary/aromatic N) is 2. The van der Waals surface area contributed by atoms with Crippen LogP contribution in [0.5, 0.6) is 11.5 Å². The van der Waals surface area contributed by atoms with Gasteiger partial charge in [0, 0.05) is 34.2 Å². The van der Waals surface area contributed by atoms with Crippen molar-refractivity contribution in [3.63, 3.8) is 0 Å². The van der Waals surface area contributed by atoms with E-state index in [-0.39, 0.29) is 57.1 Å². The van der Waals surface area contributed by atoms with Crippen LogP contribution in [0, 0.1) is 0 Å². The Hall–Kier alpha value is -1.40. The predicted octanol–water partition coefficient (Wildman–Crippen LogP) is 3.40. The zero-order valence-electron chi connectivity index (χ0n) is 20.7.